The average Bonchev–Trinajstić information content (AvgIpc) is 4.05. The first-order chi connectivity index (χ1) is 34.9. The highest BCUT2D eigenvalue weighted by atomic mass is 35.5. The van der Waals surface area contributed by atoms with Crippen molar-refractivity contribution in [2.75, 3.05) is 49.5 Å². The largest absolute Gasteiger partial charge is 0.490 e. The van der Waals surface area contributed by atoms with Crippen LogP contribution in [0.5, 0.6) is 5.75 Å². The number of aryl methyl sites for hydroxylation is 1. The van der Waals surface area contributed by atoms with Crippen LogP contribution >= 0.6 is 34.7 Å². The lowest BCUT2D eigenvalue weighted by molar-refractivity contribution is -0.143. The summed E-state index contributed by atoms with van der Waals surface area (Å²) in [6.07, 6.45) is 7.51. The van der Waals surface area contributed by atoms with Crippen molar-refractivity contribution in [2.24, 2.45) is 22.5 Å². The molecule has 0 radical (unpaired) electrons. The van der Waals surface area contributed by atoms with Crippen molar-refractivity contribution in [3.05, 3.63) is 70.6 Å². The molecule has 4 saturated heterocycles. The molecule has 1 spiro atoms. The van der Waals surface area contributed by atoms with Crippen molar-refractivity contribution in [1.82, 2.24) is 35.4 Å². The molecule has 6 heterocycles. The number of nitrogens with two attached hydrogens (primary N) is 1. The van der Waals surface area contributed by atoms with Crippen LogP contribution in [0, 0.1) is 23.7 Å². The fraction of sp³-hybridized carbons (Fsp3) is 0.566. The molecule has 20 heteroatoms. The normalized spacial score (nSPS) is 24.5. The number of aromatic nitrogens is 3. The van der Waals surface area contributed by atoms with Gasteiger partial charge in [-0.3, -0.25) is 19.2 Å². The number of likely N-dealkylation sites (tertiary alicyclic amines) is 2. The number of thiazole rings is 1. The third-order valence-corrected chi connectivity index (χ3v) is 17.9. The second-order valence-electron chi connectivity index (χ2n) is 21.7. The number of β-amino-alcohol motifs (C(OH)–C–C–N with tert-alkyl or cyclic N) is 1. The second-order valence-corrected chi connectivity index (χ2v) is 24.0. The zero-order valence-electron chi connectivity index (χ0n) is 42.6. The van der Waals surface area contributed by atoms with Crippen LogP contribution in [0.25, 0.3) is 10.4 Å². The average molecular weight is 1060 g/mol. The number of carbonyl (C=O) groups is 4. The Balaban J connectivity index is 0.762. The van der Waals surface area contributed by atoms with Gasteiger partial charge in [0.1, 0.15) is 28.7 Å². The molecule has 9 rings (SSSR count). The Hall–Kier alpha value is -5.05. The summed E-state index contributed by atoms with van der Waals surface area (Å²) in [5, 5.41) is 21.3. The number of nitrogens with zero attached hydrogens (tertiary/aromatic N) is 6. The number of benzene rings is 2. The van der Waals surface area contributed by atoms with Gasteiger partial charge in [-0.2, -0.15) is 0 Å². The summed E-state index contributed by atoms with van der Waals surface area (Å²) in [6.45, 7) is 14.7. The van der Waals surface area contributed by atoms with Gasteiger partial charge in [0.15, 0.2) is 0 Å². The molecule has 2 aromatic carbocycles. The molecule has 1 aliphatic carbocycles. The molecule has 6 N–H and O–H groups in total. The summed E-state index contributed by atoms with van der Waals surface area (Å²) in [6, 6.07) is 10.2. The SMILES string of the molecule is CC(=O)N[C@H](C(=O)N1C[C@H](O)C[C@H]1C(=O)NCc1ccc(-c2scnc2C)cc1OC1CCC(C(=O)N2CC(Nc3cccc(Sc4cnc(N5CCC6(CC5)CO[C@@H](C)[C@H]6N)cn4)c3Cl)C2)CC1)C(C)(C)C. The molecule has 73 heavy (non-hydrogen) atoms. The van der Waals surface area contributed by atoms with Gasteiger partial charge in [0.05, 0.1) is 70.1 Å². The maximum Gasteiger partial charge on any atom is 0.246 e. The summed E-state index contributed by atoms with van der Waals surface area (Å²) < 4.78 is 12.6. The quantitative estimate of drug-likeness (QED) is 0.0920. The first kappa shape index (κ1) is 52.8. The summed E-state index contributed by atoms with van der Waals surface area (Å²) >= 11 is 9.98. The molecule has 392 valence electrons. The number of anilines is 2. The van der Waals surface area contributed by atoms with Gasteiger partial charge in [0.25, 0.3) is 0 Å². The summed E-state index contributed by atoms with van der Waals surface area (Å²) in [4.78, 5) is 74.9. The third-order valence-electron chi connectivity index (χ3n) is 15.4. The number of hydrogen-bond acceptors (Lipinski definition) is 15. The maximum atomic E-state index is 13.8. The number of amides is 4. The minimum Gasteiger partial charge on any atom is -0.490 e. The van der Waals surface area contributed by atoms with Crippen molar-refractivity contribution >= 4 is 69.8 Å². The van der Waals surface area contributed by atoms with Crippen LogP contribution in [0.4, 0.5) is 11.5 Å². The lowest BCUT2D eigenvalue weighted by atomic mass is 9.73. The van der Waals surface area contributed by atoms with Gasteiger partial charge < -0.3 is 51.0 Å². The Kier molecular flexibility index (Phi) is 15.9. The van der Waals surface area contributed by atoms with Crippen molar-refractivity contribution in [3.8, 4) is 16.2 Å². The fourth-order valence-electron chi connectivity index (χ4n) is 11.0. The minimum atomic E-state index is -0.912. The molecule has 5 fully saturated rings. The molecular formula is C53H69ClN10O7S2. The zero-order valence-corrected chi connectivity index (χ0v) is 45.0. The van der Waals surface area contributed by atoms with Crippen molar-refractivity contribution in [3.63, 3.8) is 0 Å². The lowest BCUT2D eigenvalue weighted by Gasteiger charge is -2.43. The van der Waals surface area contributed by atoms with E-state index in [1.165, 1.54) is 23.6 Å². The molecule has 17 nitrogen and oxygen atoms in total. The summed E-state index contributed by atoms with van der Waals surface area (Å²) in [5.74, 6) is 0.374. The number of nitrogens with one attached hydrogen (secondary N) is 3. The van der Waals surface area contributed by atoms with Crippen LogP contribution in [0.2, 0.25) is 5.02 Å². The van der Waals surface area contributed by atoms with Crippen LogP contribution in [-0.2, 0) is 30.5 Å². The molecular weight excluding hydrogens is 988 g/mol. The van der Waals surface area contributed by atoms with E-state index in [0.717, 1.165) is 75.7 Å². The van der Waals surface area contributed by atoms with Crippen LogP contribution < -0.4 is 31.3 Å². The highest BCUT2D eigenvalue weighted by Gasteiger charge is 2.48. The molecule has 4 amide bonds. The van der Waals surface area contributed by atoms with E-state index < -0.39 is 35.4 Å². The first-order valence-electron chi connectivity index (χ1n) is 25.5. The minimum absolute atomic E-state index is 0.00881. The monoisotopic (exact) mass is 1060 g/mol. The summed E-state index contributed by atoms with van der Waals surface area (Å²) in [7, 11) is 0. The number of carbonyl (C=O) groups excluding carboxylic acids is 4. The number of piperidine rings is 1. The fourth-order valence-corrected chi connectivity index (χ4v) is 12.9. The Morgan fingerprint density at radius 2 is 1.79 bits per heavy atom. The van der Waals surface area contributed by atoms with Crippen LogP contribution in [0.1, 0.15) is 90.8 Å². The number of halogens is 1. The molecule has 5 aliphatic rings. The van der Waals surface area contributed by atoms with Gasteiger partial charge in [0, 0.05) is 80.4 Å². The smallest absolute Gasteiger partial charge is 0.246 e. The maximum absolute atomic E-state index is 13.8. The van der Waals surface area contributed by atoms with Crippen molar-refractivity contribution < 1.29 is 33.8 Å². The Morgan fingerprint density at radius 1 is 1.04 bits per heavy atom. The van der Waals surface area contributed by atoms with E-state index in [1.54, 1.807) is 17.5 Å². The number of hydrogen-bond donors (Lipinski definition) is 5. The number of rotatable bonds is 14. The van der Waals surface area contributed by atoms with E-state index in [9.17, 15) is 24.3 Å². The number of aliphatic hydroxyl groups is 1. The Bertz CT molecular complexity index is 2650. The van der Waals surface area contributed by atoms with E-state index in [0.29, 0.717) is 49.5 Å². The number of ether oxygens (including phenoxy) is 2. The van der Waals surface area contributed by atoms with E-state index in [1.807, 2.05) is 80.7 Å². The van der Waals surface area contributed by atoms with Gasteiger partial charge >= 0.3 is 0 Å². The van der Waals surface area contributed by atoms with E-state index in [2.05, 4.69) is 32.8 Å². The highest BCUT2D eigenvalue weighted by Crippen LogP contribution is 2.43. The molecule has 0 unspecified atom stereocenters. The Morgan fingerprint density at radius 3 is 2.44 bits per heavy atom. The molecule has 0 bridgehead atoms. The zero-order chi connectivity index (χ0) is 51.8. The van der Waals surface area contributed by atoms with Gasteiger partial charge in [-0.15, -0.1) is 11.3 Å². The summed E-state index contributed by atoms with van der Waals surface area (Å²) in [5.41, 5.74) is 11.2. The molecule has 1 saturated carbocycles. The van der Waals surface area contributed by atoms with E-state index in [4.69, 9.17) is 36.8 Å². The van der Waals surface area contributed by atoms with E-state index >= 15 is 0 Å². The van der Waals surface area contributed by atoms with Gasteiger partial charge in [-0.25, -0.2) is 15.0 Å². The van der Waals surface area contributed by atoms with Crippen molar-refractivity contribution in [1.29, 1.82) is 0 Å². The standard InChI is InChI=1S/C53H69ClN10O7S2/c1-30-46(72-29-59-30)34-10-11-35(22-58-49(67)40-21-37(66)27-64(40)51(69)48(52(4,5)6)60-32(3)65)41(20-34)71-38-14-12-33(13-15-38)50(68)63-25-36(26-63)61-39-8-7-9-42(45(39)54)73-44-24-56-43(23-57-44)62-18-16-53(17-19-62)28-70-31(2)47(53)55/h7-11,20,23-24,29,31,33,36-38,40,47-48,61,66H,12-19,21-22,25-28,55H2,1-6H3,(H,58,67)(H,60,65)/t31-,33?,37+,38?,40-,47+,48+/m0/s1. The predicted molar refractivity (Wildman–Crippen MR) is 283 cm³/mol. The first-order valence-corrected chi connectivity index (χ1v) is 27.6. The van der Waals surface area contributed by atoms with E-state index in [-0.39, 0.29) is 66.9 Å². The number of aliphatic hydroxyl groups excluding tert-OH is 1. The predicted octanol–water partition coefficient (Wildman–Crippen LogP) is 6.44. The Labute approximate surface area is 441 Å². The second kappa shape index (κ2) is 22.0. The van der Waals surface area contributed by atoms with Crippen LogP contribution in [-0.4, -0.2) is 135 Å². The highest BCUT2D eigenvalue weighted by molar-refractivity contribution is 7.99. The molecule has 5 atom stereocenters. The van der Waals surface area contributed by atoms with Crippen LogP contribution in [0.15, 0.2) is 64.2 Å². The molecule has 4 aliphatic heterocycles. The van der Waals surface area contributed by atoms with Crippen LogP contribution in [0.3, 0.4) is 0 Å². The third kappa shape index (κ3) is 11.8. The van der Waals surface area contributed by atoms with Crippen molar-refractivity contribution in [2.45, 2.75) is 145 Å². The van der Waals surface area contributed by atoms with Gasteiger partial charge in [0.2, 0.25) is 23.6 Å². The topological polar surface area (TPSA) is 217 Å². The molecule has 2 aromatic heterocycles. The molecule has 4 aromatic rings. The van der Waals surface area contributed by atoms with Gasteiger partial charge in [-0.05, 0) is 81.5 Å². The lowest BCUT2D eigenvalue weighted by Crippen LogP contribution is -2.58. The van der Waals surface area contributed by atoms with Gasteiger partial charge in [-0.1, -0.05) is 62.3 Å².